The second kappa shape index (κ2) is 7.72. The fourth-order valence-electron chi connectivity index (χ4n) is 1.68. The van der Waals surface area contributed by atoms with Crippen molar-refractivity contribution < 1.29 is 10.0 Å². The Labute approximate surface area is 140 Å². The molecule has 0 heterocycles. The molecule has 0 aromatic heterocycles. The molecule has 0 spiro atoms. The highest BCUT2D eigenvalue weighted by molar-refractivity contribution is 9.10. The maximum Gasteiger partial charge on any atom is 0.271 e. The molecule has 0 bridgehead atoms. The molecule has 7 heteroatoms. The van der Waals surface area contributed by atoms with Crippen molar-refractivity contribution in [1.82, 2.24) is 5.43 Å². The fourth-order valence-corrected chi connectivity index (χ4v) is 2.27. The largest absolute Gasteiger partial charge is 0.411 e. The topological polar surface area (TPSA) is 74.0 Å². The minimum absolute atomic E-state index is 0.272. The van der Waals surface area contributed by atoms with Gasteiger partial charge in [-0.15, -0.1) is 0 Å². The summed E-state index contributed by atoms with van der Waals surface area (Å²) in [4.78, 5) is 12.0. The summed E-state index contributed by atoms with van der Waals surface area (Å²) in [5.74, 6) is -0.382. The molecule has 0 saturated heterocycles. The normalized spacial score (nSPS) is 11.6. The summed E-state index contributed by atoms with van der Waals surface area (Å²) in [5, 5.41) is 16.1. The molecule has 0 aliphatic heterocycles. The molecule has 112 valence electrons. The minimum Gasteiger partial charge on any atom is -0.411 e. The first kappa shape index (κ1) is 16.2. The molecule has 1 amide bonds. The van der Waals surface area contributed by atoms with Gasteiger partial charge in [0, 0.05) is 20.6 Å². The summed E-state index contributed by atoms with van der Waals surface area (Å²) < 4.78 is 0.788. The van der Waals surface area contributed by atoms with Crippen molar-refractivity contribution in [2.75, 3.05) is 0 Å². The fraction of sp³-hybridized carbons (Fsp3) is 0. The number of rotatable bonds is 4. The van der Waals surface area contributed by atoms with E-state index in [0.717, 1.165) is 10.7 Å². The average molecular weight is 381 g/mol. The Morgan fingerprint density at radius 1 is 1.18 bits per heavy atom. The number of hydrazone groups is 1. The van der Waals surface area contributed by atoms with Crippen molar-refractivity contribution in [3.8, 4) is 0 Å². The first-order valence-corrected chi connectivity index (χ1v) is 7.34. The average Bonchev–Trinajstić information content (AvgIpc) is 2.51. The smallest absolute Gasteiger partial charge is 0.271 e. The number of nitrogens with one attached hydrogen (secondary N) is 1. The van der Waals surface area contributed by atoms with Crippen LogP contribution >= 0.6 is 27.5 Å². The monoisotopic (exact) mass is 379 g/mol. The van der Waals surface area contributed by atoms with Gasteiger partial charge < -0.3 is 5.21 Å². The summed E-state index contributed by atoms with van der Waals surface area (Å²) >= 11 is 9.21. The summed E-state index contributed by atoms with van der Waals surface area (Å²) in [7, 11) is 0. The van der Waals surface area contributed by atoms with Crippen LogP contribution in [0, 0.1) is 0 Å². The molecule has 2 rings (SSSR count). The van der Waals surface area contributed by atoms with Crippen molar-refractivity contribution in [3.63, 3.8) is 0 Å². The van der Waals surface area contributed by atoms with Crippen LogP contribution in [0.2, 0.25) is 5.02 Å². The van der Waals surface area contributed by atoms with Crippen LogP contribution in [0.1, 0.15) is 15.9 Å². The molecule has 0 aliphatic rings. The summed E-state index contributed by atoms with van der Waals surface area (Å²) in [5.41, 5.74) is 3.74. The lowest BCUT2D eigenvalue weighted by Crippen LogP contribution is -2.20. The van der Waals surface area contributed by atoms with E-state index in [0.29, 0.717) is 16.1 Å². The molecule has 22 heavy (non-hydrogen) atoms. The molecule has 0 fully saturated rings. The molecule has 2 aromatic rings. The third-order valence-corrected chi connectivity index (χ3v) is 3.39. The number of nitrogens with zero attached hydrogens (tertiary/aromatic N) is 2. The third-order valence-electron chi connectivity index (χ3n) is 2.67. The molecule has 0 aliphatic carbocycles. The second-order valence-corrected chi connectivity index (χ2v) is 5.56. The molecule has 0 atom stereocenters. The van der Waals surface area contributed by atoms with E-state index in [-0.39, 0.29) is 11.6 Å². The van der Waals surface area contributed by atoms with Crippen molar-refractivity contribution in [2.45, 2.75) is 0 Å². The van der Waals surface area contributed by atoms with E-state index in [4.69, 9.17) is 16.8 Å². The van der Waals surface area contributed by atoms with Gasteiger partial charge in [-0.2, -0.15) is 5.10 Å². The van der Waals surface area contributed by atoms with Gasteiger partial charge in [0.25, 0.3) is 5.91 Å². The number of benzene rings is 2. The van der Waals surface area contributed by atoms with Gasteiger partial charge in [0.2, 0.25) is 0 Å². The van der Waals surface area contributed by atoms with Gasteiger partial charge in [-0.1, -0.05) is 50.9 Å². The molecule has 0 unspecified atom stereocenters. The molecule has 5 nitrogen and oxygen atoms in total. The second-order valence-electron chi connectivity index (χ2n) is 4.20. The van der Waals surface area contributed by atoms with Gasteiger partial charge >= 0.3 is 0 Å². The lowest BCUT2D eigenvalue weighted by molar-refractivity contribution is 0.0955. The van der Waals surface area contributed by atoms with E-state index in [2.05, 4.69) is 31.6 Å². The lowest BCUT2D eigenvalue weighted by atomic mass is 10.1. The first-order valence-electron chi connectivity index (χ1n) is 6.17. The molecular weight excluding hydrogens is 370 g/mol. The Kier molecular flexibility index (Phi) is 5.68. The van der Waals surface area contributed by atoms with Crippen LogP contribution in [0.4, 0.5) is 0 Å². The number of amides is 1. The van der Waals surface area contributed by atoms with Crippen LogP contribution in [-0.4, -0.2) is 23.0 Å². The first-order chi connectivity index (χ1) is 10.6. The van der Waals surface area contributed by atoms with Gasteiger partial charge in [0.05, 0.1) is 6.21 Å². The zero-order valence-corrected chi connectivity index (χ0v) is 13.5. The Balaban J connectivity index is 2.22. The van der Waals surface area contributed by atoms with Crippen LogP contribution in [0.25, 0.3) is 0 Å². The predicted octanol–water partition coefficient (Wildman–Crippen LogP) is 3.70. The zero-order valence-electron chi connectivity index (χ0n) is 11.2. The van der Waals surface area contributed by atoms with E-state index in [1.54, 1.807) is 42.5 Å². The third kappa shape index (κ3) is 4.41. The minimum atomic E-state index is -0.382. The Bertz CT molecular complexity index is 747. The quantitative estimate of drug-likeness (QED) is 0.482. The number of halogens is 2. The Morgan fingerprint density at radius 2 is 1.91 bits per heavy atom. The predicted molar refractivity (Wildman–Crippen MR) is 89.9 cm³/mol. The van der Waals surface area contributed by atoms with Crippen LogP contribution in [0.3, 0.4) is 0 Å². The van der Waals surface area contributed by atoms with Gasteiger partial charge in [-0.05, 0) is 30.3 Å². The number of carbonyl (C=O) groups excluding carboxylic acids is 1. The molecular formula is C15H11BrClN3O2. The maximum absolute atomic E-state index is 12.0. The summed E-state index contributed by atoms with van der Waals surface area (Å²) in [6, 6.07) is 13.7. The number of hydrogen-bond donors (Lipinski definition) is 2. The molecule has 0 radical (unpaired) electrons. The highest BCUT2D eigenvalue weighted by Gasteiger charge is 2.07. The highest BCUT2D eigenvalue weighted by atomic mass is 79.9. The van der Waals surface area contributed by atoms with E-state index in [9.17, 15) is 4.79 Å². The van der Waals surface area contributed by atoms with Gasteiger partial charge in [0.1, 0.15) is 5.71 Å². The van der Waals surface area contributed by atoms with Crippen molar-refractivity contribution >= 4 is 45.4 Å². The van der Waals surface area contributed by atoms with Crippen molar-refractivity contribution in [2.24, 2.45) is 10.3 Å². The molecule has 2 aromatic carbocycles. The van der Waals surface area contributed by atoms with Crippen LogP contribution < -0.4 is 5.43 Å². The van der Waals surface area contributed by atoms with E-state index >= 15 is 0 Å². The van der Waals surface area contributed by atoms with Gasteiger partial charge in [-0.25, -0.2) is 5.43 Å². The van der Waals surface area contributed by atoms with Crippen LogP contribution in [0.5, 0.6) is 0 Å². The van der Waals surface area contributed by atoms with E-state index < -0.39 is 0 Å². The van der Waals surface area contributed by atoms with Crippen molar-refractivity contribution in [3.05, 3.63) is 69.2 Å². The van der Waals surface area contributed by atoms with Gasteiger partial charge in [0.15, 0.2) is 0 Å². The Hall–Kier alpha value is -2.18. The number of hydrogen-bond acceptors (Lipinski definition) is 4. The van der Waals surface area contributed by atoms with Gasteiger partial charge in [-0.3, -0.25) is 4.79 Å². The SMILES string of the molecule is O=C(N/N=C(\C=N/O)c1cccc(Cl)c1)c1cccc(Br)c1. The number of oxime groups is 1. The molecule has 2 N–H and O–H groups in total. The van der Waals surface area contributed by atoms with Crippen LogP contribution in [-0.2, 0) is 0 Å². The lowest BCUT2D eigenvalue weighted by Gasteiger charge is -2.04. The zero-order chi connectivity index (χ0) is 15.9. The highest BCUT2D eigenvalue weighted by Crippen LogP contribution is 2.12. The summed E-state index contributed by atoms with van der Waals surface area (Å²) in [6.07, 6.45) is 1.12. The van der Waals surface area contributed by atoms with E-state index in [1.165, 1.54) is 0 Å². The van der Waals surface area contributed by atoms with E-state index in [1.807, 2.05) is 6.07 Å². The van der Waals surface area contributed by atoms with Crippen molar-refractivity contribution in [1.29, 1.82) is 0 Å². The summed E-state index contributed by atoms with van der Waals surface area (Å²) in [6.45, 7) is 0. The maximum atomic E-state index is 12.0. The number of carbonyl (C=O) groups is 1. The standard InChI is InChI=1S/C15H11BrClN3O2/c16-12-5-1-4-11(7-12)15(21)20-19-14(9-18-22)10-3-2-6-13(17)8-10/h1-9,22H,(H,20,21)/b18-9-,19-14+. The Morgan fingerprint density at radius 3 is 2.59 bits per heavy atom. The van der Waals surface area contributed by atoms with Crippen LogP contribution in [0.15, 0.2) is 63.3 Å². The molecule has 0 saturated carbocycles.